The number of amides is 3. The van der Waals surface area contributed by atoms with Gasteiger partial charge in [0.25, 0.3) is 5.91 Å². The summed E-state index contributed by atoms with van der Waals surface area (Å²) >= 11 is 0. The number of hydrogen-bond acceptors (Lipinski definition) is 6. The molecule has 1 aromatic carbocycles. The number of carbonyl (C=O) groups excluding carboxylic acids is 3. The van der Waals surface area contributed by atoms with E-state index in [-0.39, 0.29) is 30.9 Å². The van der Waals surface area contributed by atoms with E-state index in [1.54, 1.807) is 30.1 Å². The van der Waals surface area contributed by atoms with Crippen LogP contribution in [0.4, 0.5) is 5.69 Å². The van der Waals surface area contributed by atoms with E-state index >= 15 is 0 Å². The first-order valence-electron chi connectivity index (χ1n) is 11.1. The molecule has 3 rings (SSSR count). The molecule has 0 saturated carbocycles. The lowest BCUT2D eigenvalue weighted by atomic mass is 10.1. The predicted octanol–water partition coefficient (Wildman–Crippen LogP) is 0.996. The Morgan fingerprint density at radius 3 is 2.76 bits per heavy atom. The first-order chi connectivity index (χ1) is 15.8. The van der Waals surface area contributed by atoms with Crippen molar-refractivity contribution in [3.8, 4) is 5.75 Å². The average Bonchev–Trinajstić information content (AvgIpc) is 3.07. The van der Waals surface area contributed by atoms with Gasteiger partial charge in [0, 0.05) is 32.8 Å². The van der Waals surface area contributed by atoms with Crippen LogP contribution in [-0.2, 0) is 16.6 Å². The lowest BCUT2D eigenvalue weighted by molar-refractivity contribution is -0.121. The second kappa shape index (κ2) is 11.5. The van der Waals surface area contributed by atoms with E-state index < -0.39 is 0 Å². The van der Waals surface area contributed by atoms with Gasteiger partial charge in [0.2, 0.25) is 11.8 Å². The van der Waals surface area contributed by atoms with Crippen LogP contribution < -0.4 is 20.7 Å². The number of ether oxygens (including phenoxy) is 1. The zero-order valence-electron chi connectivity index (χ0n) is 19.4. The SMILES string of the molecule is Cc1ccc2c(c1)C(=O)NCCN(CC(=O)Nc1cn(C)nc1C)CCCC(=O)NCCO2. The number of nitrogens with one attached hydrogen (secondary N) is 3. The van der Waals surface area contributed by atoms with Crippen LogP contribution in [0.5, 0.6) is 5.75 Å². The van der Waals surface area contributed by atoms with Gasteiger partial charge in [-0.25, -0.2) is 0 Å². The molecule has 0 aliphatic carbocycles. The van der Waals surface area contributed by atoms with Gasteiger partial charge in [-0.2, -0.15) is 5.10 Å². The molecule has 1 aromatic heterocycles. The maximum Gasteiger partial charge on any atom is 0.255 e. The van der Waals surface area contributed by atoms with Crippen molar-refractivity contribution in [1.29, 1.82) is 0 Å². The van der Waals surface area contributed by atoms with Crippen molar-refractivity contribution >= 4 is 23.4 Å². The van der Waals surface area contributed by atoms with E-state index in [1.165, 1.54) is 0 Å². The molecule has 33 heavy (non-hydrogen) atoms. The second-order valence-electron chi connectivity index (χ2n) is 8.18. The van der Waals surface area contributed by atoms with E-state index in [0.717, 1.165) is 11.3 Å². The summed E-state index contributed by atoms with van der Waals surface area (Å²) in [6.45, 7) is 5.89. The van der Waals surface area contributed by atoms with Crippen molar-refractivity contribution < 1.29 is 19.1 Å². The van der Waals surface area contributed by atoms with E-state index in [0.29, 0.717) is 56.0 Å². The van der Waals surface area contributed by atoms with Crippen LogP contribution in [0.3, 0.4) is 0 Å². The lowest BCUT2D eigenvalue weighted by Gasteiger charge is -2.22. The van der Waals surface area contributed by atoms with Crippen LogP contribution in [0.1, 0.15) is 34.5 Å². The molecule has 0 atom stereocenters. The van der Waals surface area contributed by atoms with Crippen LogP contribution in [0.15, 0.2) is 24.4 Å². The van der Waals surface area contributed by atoms with Crippen LogP contribution in [0, 0.1) is 13.8 Å². The summed E-state index contributed by atoms with van der Waals surface area (Å²) in [5, 5.41) is 12.9. The number of anilines is 1. The first kappa shape index (κ1) is 24.2. The molecule has 0 spiro atoms. The highest BCUT2D eigenvalue weighted by molar-refractivity contribution is 5.97. The molecule has 0 saturated heterocycles. The van der Waals surface area contributed by atoms with Crippen molar-refractivity contribution in [2.45, 2.75) is 26.7 Å². The molecule has 0 radical (unpaired) electrons. The smallest absolute Gasteiger partial charge is 0.255 e. The third kappa shape index (κ3) is 7.31. The number of benzene rings is 1. The van der Waals surface area contributed by atoms with Gasteiger partial charge in [0.1, 0.15) is 12.4 Å². The summed E-state index contributed by atoms with van der Waals surface area (Å²) in [5.41, 5.74) is 2.80. The van der Waals surface area contributed by atoms with Crippen molar-refractivity contribution in [3.05, 3.63) is 41.2 Å². The highest BCUT2D eigenvalue weighted by Gasteiger charge is 2.17. The quantitative estimate of drug-likeness (QED) is 0.634. The van der Waals surface area contributed by atoms with Gasteiger partial charge in [-0.15, -0.1) is 0 Å². The van der Waals surface area contributed by atoms with E-state index in [1.807, 2.05) is 24.8 Å². The van der Waals surface area contributed by atoms with Crippen molar-refractivity contribution in [3.63, 3.8) is 0 Å². The molecule has 3 amide bonds. The van der Waals surface area contributed by atoms with Crippen molar-refractivity contribution in [1.82, 2.24) is 25.3 Å². The fourth-order valence-corrected chi connectivity index (χ4v) is 3.66. The molecule has 0 bridgehead atoms. The molecule has 178 valence electrons. The van der Waals surface area contributed by atoms with Crippen LogP contribution in [0.2, 0.25) is 0 Å². The number of nitrogens with zero attached hydrogens (tertiary/aromatic N) is 3. The fraction of sp³-hybridized carbons (Fsp3) is 0.478. The van der Waals surface area contributed by atoms with E-state index in [9.17, 15) is 14.4 Å². The Morgan fingerprint density at radius 1 is 1.18 bits per heavy atom. The topological polar surface area (TPSA) is 118 Å². The maximum atomic E-state index is 12.8. The molecule has 0 fully saturated rings. The summed E-state index contributed by atoms with van der Waals surface area (Å²) in [4.78, 5) is 39.5. The largest absolute Gasteiger partial charge is 0.491 e. The van der Waals surface area contributed by atoms with Crippen LogP contribution >= 0.6 is 0 Å². The standard InChI is InChI=1S/C23H32N6O4/c1-16-6-7-20-18(13-16)23(32)25-8-11-29(10-4-5-21(30)24-9-12-33-20)15-22(31)26-19-14-28(3)27-17(19)2/h6-7,13-14H,4-5,8-12,15H2,1-3H3,(H,24,30)(H,25,32)(H,26,31). The number of hydrogen-bond donors (Lipinski definition) is 3. The van der Waals surface area contributed by atoms with Crippen LogP contribution in [0.25, 0.3) is 0 Å². The number of fused-ring (bicyclic) bond motifs is 1. The molecular formula is C23H32N6O4. The highest BCUT2D eigenvalue weighted by atomic mass is 16.5. The van der Waals surface area contributed by atoms with Gasteiger partial charge in [-0.1, -0.05) is 11.6 Å². The number of carbonyl (C=O) groups is 3. The van der Waals surface area contributed by atoms with E-state index in [4.69, 9.17) is 4.74 Å². The zero-order valence-corrected chi connectivity index (χ0v) is 19.4. The van der Waals surface area contributed by atoms with Crippen molar-refractivity contribution in [2.24, 2.45) is 7.05 Å². The summed E-state index contributed by atoms with van der Waals surface area (Å²) in [6.07, 6.45) is 2.70. The van der Waals surface area contributed by atoms with Gasteiger partial charge in [0.15, 0.2) is 0 Å². The minimum Gasteiger partial charge on any atom is -0.491 e. The lowest BCUT2D eigenvalue weighted by Crippen LogP contribution is -2.40. The second-order valence-corrected chi connectivity index (χ2v) is 8.18. The van der Waals surface area contributed by atoms with Gasteiger partial charge < -0.3 is 20.7 Å². The van der Waals surface area contributed by atoms with Crippen molar-refractivity contribution in [2.75, 3.05) is 44.6 Å². The molecule has 2 heterocycles. The Labute approximate surface area is 193 Å². The number of aromatic nitrogens is 2. The summed E-state index contributed by atoms with van der Waals surface area (Å²) in [7, 11) is 1.80. The Bertz CT molecular complexity index is 1000. The Balaban J connectivity index is 1.67. The zero-order chi connectivity index (χ0) is 23.8. The molecule has 1 aliphatic heterocycles. The molecule has 1 aliphatic rings. The fourth-order valence-electron chi connectivity index (χ4n) is 3.66. The molecule has 10 nitrogen and oxygen atoms in total. The molecular weight excluding hydrogens is 424 g/mol. The van der Waals surface area contributed by atoms with Gasteiger partial charge in [0.05, 0.1) is 30.0 Å². The number of rotatable bonds is 3. The monoisotopic (exact) mass is 456 g/mol. The van der Waals surface area contributed by atoms with Gasteiger partial charge >= 0.3 is 0 Å². The molecule has 2 aromatic rings. The predicted molar refractivity (Wildman–Crippen MR) is 124 cm³/mol. The highest BCUT2D eigenvalue weighted by Crippen LogP contribution is 2.20. The minimum atomic E-state index is -0.233. The molecule has 0 unspecified atom stereocenters. The molecule has 10 heteroatoms. The average molecular weight is 457 g/mol. The molecule has 3 N–H and O–H groups in total. The van der Waals surface area contributed by atoms with E-state index in [2.05, 4.69) is 21.0 Å². The Morgan fingerprint density at radius 2 is 2.00 bits per heavy atom. The van der Waals surface area contributed by atoms with Gasteiger partial charge in [-0.05, 0) is 38.9 Å². The number of aryl methyl sites for hydroxylation is 3. The Kier molecular flexibility index (Phi) is 8.42. The third-order valence-electron chi connectivity index (χ3n) is 5.31. The summed E-state index contributed by atoms with van der Waals surface area (Å²) in [6, 6.07) is 5.42. The first-order valence-corrected chi connectivity index (χ1v) is 11.1. The summed E-state index contributed by atoms with van der Waals surface area (Å²) in [5.74, 6) is 0.00430. The third-order valence-corrected chi connectivity index (χ3v) is 5.31. The normalized spacial score (nSPS) is 16.5. The summed E-state index contributed by atoms with van der Waals surface area (Å²) < 4.78 is 7.38. The maximum absolute atomic E-state index is 12.8. The Hall–Kier alpha value is -3.40. The van der Waals surface area contributed by atoms with Gasteiger partial charge in [-0.3, -0.25) is 24.0 Å². The van der Waals surface area contributed by atoms with Crippen LogP contribution in [-0.4, -0.2) is 71.7 Å². The minimum absolute atomic E-state index is 0.0674.